The van der Waals surface area contributed by atoms with E-state index in [0.29, 0.717) is 0 Å². The summed E-state index contributed by atoms with van der Waals surface area (Å²) in [6.45, 7) is 10.9. The predicted molar refractivity (Wildman–Crippen MR) is 55.7 cm³/mol. The lowest BCUT2D eigenvalue weighted by Crippen LogP contribution is -2.26. The third-order valence-electron chi connectivity index (χ3n) is 2.58. The Hall–Kier alpha value is -0.870. The molecule has 1 aromatic heterocycles. The van der Waals surface area contributed by atoms with Crippen LogP contribution in [0.2, 0.25) is 0 Å². The van der Waals surface area contributed by atoms with Crippen molar-refractivity contribution in [2.75, 3.05) is 0 Å². The van der Waals surface area contributed by atoms with E-state index in [1.54, 1.807) is 0 Å². The van der Waals surface area contributed by atoms with Crippen LogP contribution in [0.4, 0.5) is 0 Å². The topological polar surface area (TPSA) is 53.1 Å². The summed E-state index contributed by atoms with van der Waals surface area (Å²) >= 11 is 0. The number of hydrogen-bond donors (Lipinski definition) is 1. The second-order valence-electron chi connectivity index (χ2n) is 3.99. The molecule has 1 rings (SSSR count). The predicted octanol–water partition coefficient (Wildman–Crippen LogP) is 1.65. The third-order valence-corrected chi connectivity index (χ3v) is 2.58. The van der Waals surface area contributed by atoms with E-state index in [0.717, 1.165) is 23.5 Å². The van der Waals surface area contributed by atoms with Gasteiger partial charge in [-0.3, -0.25) is 9.52 Å². The molecule has 0 saturated carbocycles. The molecular formula is C10H19N3O. The van der Waals surface area contributed by atoms with E-state index >= 15 is 0 Å². The lowest BCUT2D eigenvalue weighted by molar-refractivity contribution is -0.0245. The van der Waals surface area contributed by atoms with Crippen LogP contribution in [0.1, 0.15) is 37.7 Å². The first-order chi connectivity index (χ1) is 6.44. The van der Waals surface area contributed by atoms with Crippen LogP contribution in [0, 0.1) is 13.8 Å². The van der Waals surface area contributed by atoms with Gasteiger partial charge in [0.1, 0.15) is 5.60 Å². The molecule has 0 spiro atoms. The summed E-state index contributed by atoms with van der Waals surface area (Å²) in [5.41, 5.74) is 2.73. The fraction of sp³-hybridized carbons (Fsp3) is 0.700. The van der Waals surface area contributed by atoms with E-state index in [4.69, 9.17) is 10.7 Å². The number of nitrogens with two attached hydrogens (primary N) is 1. The van der Waals surface area contributed by atoms with Crippen LogP contribution in [0.25, 0.3) is 0 Å². The molecule has 1 heterocycles. The van der Waals surface area contributed by atoms with Gasteiger partial charge < -0.3 is 0 Å². The van der Waals surface area contributed by atoms with E-state index in [1.807, 2.05) is 32.4 Å². The highest BCUT2D eigenvalue weighted by Gasteiger charge is 2.28. The Kier molecular flexibility index (Phi) is 2.97. The molecule has 0 radical (unpaired) electrons. The Labute approximate surface area is 85.0 Å². The van der Waals surface area contributed by atoms with Crippen LogP contribution in [0.5, 0.6) is 0 Å². The summed E-state index contributed by atoms with van der Waals surface area (Å²) in [5, 5.41) is 4.42. The average molecular weight is 197 g/mol. The molecule has 0 aliphatic heterocycles. The first kappa shape index (κ1) is 11.2. The van der Waals surface area contributed by atoms with E-state index in [2.05, 4.69) is 12.0 Å². The zero-order valence-electron chi connectivity index (χ0n) is 9.59. The van der Waals surface area contributed by atoms with Gasteiger partial charge in [-0.05, 0) is 34.6 Å². The quantitative estimate of drug-likeness (QED) is 0.749. The molecule has 80 valence electrons. The van der Waals surface area contributed by atoms with Crippen LogP contribution in [0.3, 0.4) is 0 Å². The number of rotatable bonds is 3. The first-order valence-electron chi connectivity index (χ1n) is 4.86. The van der Waals surface area contributed by atoms with Crippen LogP contribution in [-0.4, -0.2) is 9.78 Å². The van der Waals surface area contributed by atoms with Crippen molar-refractivity contribution in [1.82, 2.24) is 9.78 Å². The molecule has 4 nitrogen and oxygen atoms in total. The van der Waals surface area contributed by atoms with Crippen LogP contribution < -0.4 is 5.90 Å². The molecule has 0 aliphatic carbocycles. The second-order valence-corrected chi connectivity index (χ2v) is 3.99. The molecule has 0 atom stereocenters. The van der Waals surface area contributed by atoms with Crippen molar-refractivity contribution < 1.29 is 4.84 Å². The van der Waals surface area contributed by atoms with Gasteiger partial charge in [-0.25, -0.2) is 5.90 Å². The molecule has 0 unspecified atom stereocenters. The Morgan fingerprint density at radius 3 is 2.36 bits per heavy atom. The Balaban J connectivity index is 3.27. The molecule has 0 saturated heterocycles. The summed E-state index contributed by atoms with van der Waals surface area (Å²) in [7, 11) is 0. The maximum atomic E-state index is 5.29. The average Bonchev–Trinajstić information content (AvgIpc) is 2.41. The van der Waals surface area contributed by atoms with Crippen molar-refractivity contribution in [3.05, 3.63) is 17.0 Å². The van der Waals surface area contributed by atoms with Gasteiger partial charge in [0.15, 0.2) is 0 Å². The normalized spacial score (nSPS) is 12.1. The zero-order valence-corrected chi connectivity index (χ0v) is 9.59. The fourth-order valence-corrected chi connectivity index (χ4v) is 1.94. The molecule has 0 aliphatic rings. The monoisotopic (exact) mass is 197 g/mol. The smallest absolute Gasteiger partial charge is 0.112 e. The van der Waals surface area contributed by atoms with Crippen molar-refractivity contribution in [3.63, 3.8) is 0 Å². The van der Waals surface area contributed by atoms with E-state index in [9.17, 15) is 0 Å². The first-order valence-corrected chi connectivity index (χ1v) is 4.86. The van der Waals surface area contributed by atoms with Gasteiger partial charge in [0.05, 0.1) is 5.69 Å². The Morgan fingerprint density at radius 2 is 2.00 bits per heavy atom. The van der Waals surface area contributed by atoms with Crippen molar-refractivity contribution in [2.24, 2.45) is 5.90 Å². The molecule has 0 bridgehead atoms. The lowest BCUT2D eigenvalue weighted by atomic mass is 9.96. The molecule has 2 N–H and O–H groups in total. The largest absolute Gasteiger partial charge is 0.294 e. The summed E-state index contributed by atoms with van der Waals surface area (Å²) in [6.07, 6.45) is 0. The van der Waals surface area contributed by atoms with Crippen LogP contribution >= 0.6 is 0 Å². The van der Waals surface area contributed by atoms with Gasteiger partial charge in [-0.15, -0.1) is 0 Å². The Morgan fingerprint density at radius 1 is 1.43 bits per heavy atom. The van der Waals surface area contributed by atoms with Crippen molar-refractivity contribution in [2.45, 2.75) is 46.8 Å². The standard InChI is InChI=1S/C10H19N3O/c1-6-13-8(3)9(7(2)12-13)10(4,5)14-11/h6,11H2,1-5H3. The maximum absolute atomic E-state index is 5.29. The minimum absolute atomic E-state index is 0.471. The summed E-state index contributed by atoms with van der Waals surface area (Å²) in [4.78, 5) is 4.99. The summed E-state index contributed by atoms with van der Waals surface area (Å²) < 4.78 is 1.96. The molecule has 0 fully saturated rings. The molecule has 0 amide bonds. The molecule has 14 heavy (non-hydrogen) atoms. The fourth-order valence-electron chi connectivity index (χ4n) is 1.94. The van der Waals surface area contributed by atoms with Crippen LogP contribution in [0.15, 0.2) is 0 Å². The van der Waals surface area contributed by atoms with Crippen molar-refractivity contribution in [1.29, 1.82) is 0 Å². The van der Waals surface area contributed by atoms with Crippen molar-refractivity contribution in [3.8, 4) is 0 Å². The van der Waals surface area contributed by atoms with Gasteiger partial charge in [0, 0.05) is 17.8 Å². The highest BCUT2D eigenvalue weighted by atomic mass is 16.6. The number of hydrogen-bond acceptors (Lipinski definition) is 3. The van der Waals surface area contributed by atoms with E-state index in [1.165, 1.54) is 0 Å². The highest BCUT2D eigenvalue weighted by molar-refractivity contribution is 5.30. The minimum Gasteiger partial charge on any atom is -0.294 e. The van der Waals surface area contributed by atoms with Gasteiger partial charge in [-0.2, -0.15) is 5.10 Å². The molecule has 1 aromatic rings. The van der Waals surface area contributed by atoms with Gasteiger partial charge in [-0.1, -0.05) is 0 Å². The number of nitrogens with zero attached hydrogens (tertiary/aromatic N) is 2. The SMILES string of the molecule is CCn1nc(C)c(C(C)(C)ON)c1C. The lowest BCUT2D eigenvalue weighted by Gasteiger charge is -2.22. The minimum atomic E-state index is -0.471. The molecular weight excluding hydrogens is 178 g/mol. The van der Waals surface area contributed by atoms with E-state index < -0.39 is 5.60 Å². The maximum Gasteiger partial charge on any atom is 0.112 e. The number of aromatic nitrogens is 2. The van der Waals surface area contributed by atoms with Crippen molar-refractivity contribution >= 4 is 0 Å². The van der Waals surface area contributed by atoms with Gasteiger partial charge >= 0.3 is 0 Å². The summed E-state index contributed by atoms with van der Waals surface area (Å²) in [5.74, 6) is 5.29. The molecule has 0 aromatic carbocycles. The van der Waals surface area contributed by atoms with Gasteiger partial charge in [0.2, 0.25) is 0 Å². The number of aryl methyl sites for hydroxylation is 2. The highest BCUT2D eigenvalue weighted by Crippen LogP contribution is 2.28. The summed E-state index contributed by atoms with van der Waals surface area (Å²) in [6, 6.07) is 0. The molecule has 4 heteroatoms. The second kappa shape index (κ2) is 3.71. The third kappa shape index (κ3) is 1.67. The van der Waals surface area contributed by atoms with E-state index in [-0.39, 0.29) is 0 Å². The van der Waals surface area contributed by atoms with Crippen LogP contribution in [-0.2, 0) is 17.0 Å². The Bertz CT molecular complexity index is 328. The van der Waals surface area contributed by atoms with Gasteiger partial charge in [0.25, 0.3) is 0 Å². The zero-order chi connectivity index (χ0) is 10.9.